The summed E-state index contributed by atoms with van der Waals surface area (Å²) in [5.41, 5.74) is 4.35. The fraction of sp³-hybridized carbons (Fsp3) is 0.0769. The maximum absolute atomic E-state index is 13.3. The number of amides is 1. The topological polar surface area (TPSA) is 86.9 Å². The highest BCUT2D eigenvalue weighted by Gasteiger charge is 2.19. The average molecular weight is 451 g/mol. The van der Waals surface area contributed by atoms with Crippen LogP contribution in [-0.2, 0) is 0 Å². The molecule has 0 aliphatic carbocycles. The van der Waals surface area contributed by atoms with Crippen LogP contribution < -0.4 is 10.1 Å². The van der Waals surface area contributed by atoms with E-state index >= 15 is 0 Å². The minimum Gasteiger partial charge on any atom is -0.497 e. The van der Waals surface area contributed by atoms with Gasteiger partial charge in [0, 0.05) is 24.2 Å². The molecule has 2 aromatic carbocycles. The van der Waals surface area contributed by atoms with Gasteiger partial charge in [-0.05, 0) is 49.4 Å². The Kier molecular flexibility index (Phi) is 5.61. The molecule has 0 aliphatic heterocycles. The van der Waals surface area contributed by atoms with Crippen LogP contribution in [0.15, 0.2) is 91.5 Å². The second-order valence-corrected chi connectivity index (χ2v) is 7.71. The fourth-order valence-corrected chi connectivity index (χ4v) is 3.55. The van der Waals surface area contributed by atoms with Gasteiger partial charge < -0.3 is 10.1 Å². The number of carbonyl (C=O) groups is 1. The summed E-state index contributed by atoms with van der Waals surface area (Å²) in [6, 6.07) is 20.9. The van der Waals surface area contributed by atoms with Crippen molar-refractivity contribution in [2.75, 3.05) is 12.4 Å². The molecule has 0 spiro atoms. The zero-order valence-corrected chi connectivity index (χ0v) is 18.7. The van der Waals surface area contributed by atoms with Gasteiger partial charge in [0.05, 0.1) is 30.2 Å². The summed E-state index contributed by atoms with van der Waals surface area (Å²) in [6.07, 6.45) is 6.83. The van der Waals surface area contributed by atoms with Crippen LogP contribution in [0.25, 0.3) is 22.8 Å². The summed E-state index contributed by atoms with van der Waals surface area (Å²) in [5, 5.41) is 11.8. The Bertz CT molecular complexity index is 1420. The predicted molar refractivity (Wildman–Crippen MR) is 130 cm³/mol. The van der Waals surface area contributed by atoms with Gasteiger partial charge in [-0.15, -0.1) is 0 Å². The summed E-state index contributed by atoms with van der Waals surface area (Å²) in [4.78, 5) is 17.7. The van der Waals surface area contributed by atoms with Crippen LogP contribution in [0.2, 0.25) is 0 Å². The van der Waals surface area contributed by atoms with E-state index in [-0.39, 0.29) is 5.91 Å². The summed E-state index contributed by atoms with van der Waals surface area (Å²) < 4.78 is 8.73. The number of nitrogens with one attached hydrogen (secondary N) is 1. The number of ether oxygens (including phenoxy) is 1. The van der Waals surface area contributed by atoms with Crippen LogP contribution in [0.1, 0.15) is 15.9 Å². The van der Waals surface area contributed by atoms with Crippen molar-refractivity contribution < 1.29 is 9.53 Å². The van der Waals surface area contributed by atoms with Crippen molar-refractivity contribution in [1.82, 2.24) is 24.5 Å². The Labute approximate surface area is 196 Å². The van der Waals surface area contributed by atoms with Crippen molar-refractivity contribution in [2.45, 2.75) is 6.92 Å². The van der Waals surface area contributed by atoms with Crippen LogP contribution >= 0.6 is 0 Å². The number of hydrogen-bond acceptors (Lipinski definition) is 5. The van der Waals surface area contributed by atoms with Crippen LogP contribution in [0.4, 0.5) is 5.69 Å². The van der Waals surface area contributed by atoms with Crippen LogP contribution in [0.5, 0.6) is 5.75 Å². The zero-order chi connectivity index (χ0) is 23.5. The molecule has 0 unspecified atom stereocenters. The molecule has 8 nitrogen and oxygen atoms in total. The van der Waals surface area contributed by atoms with Gasteiger partial charge in [0.15, 0.2) is 5.82 Å². The molecular weight excluding hydrogens is 428 g/mol. The molecule has 0 saturated carbocycles. The molecule has 5 aromatic rings. The van der Waals surface area contributed by atoms with E-state index in [1.807, 2.05) is 61.5 Å². The Hall–Kier alpha value is -4.72. The Morgan fingerprint density at radius 2 is 1.85 bits per heavy atom. The SMILES string of the molecule is COc1cccc(-c2nn(-c3ccc(C)cc3)cc2C(=O)Nc2ccc(-n3cccn3)nc2)c1. The lowest BCUT2D eigenvalue weighted by Gasteiger charge is -2.07. The molecule has 0 saturated heterocycles. The third-order valence-electron chi connectivity index (χ3n) is 5.35. The minimum absolute atomic E-state index is 0.287. The standard InChI is InChI=1S/C26H22N6O2/c1-18-7-10-21(11-8-18)32-17-23(25(30-32)19-5-3-6-22(15-19)34-2)26(33)29-20-9-12-24(27-16-20)31-14-4-13-28-31/h3-17H,1-2H3,(H,29,33). The second kappa shape index (κ2) is 9.03. The van der Waals surface area contributed by atoms with Gasteiger partial charge in [-0.2, -0.15) is 10.2 Å². The lowest BCUT2D eigenvalue weighted by Crippen LogP contribution is -2.13. The van der Waals surface area contributed by atoms with E-state index in [1.165, 1.54) is 0 Å². The zero-order valence-electron chi connectivity index (χ0n) is 18.7. The van der Waals surface area contributed by atoms with E-state index in [0.29, 0.717) is 28.5 Å². The van der Waals surface area contributed by atoms with E-state index in [2.05, 4.69) is 15.4 Å². The number of nitrogens with zero attached hydrogens (tertiary/aromatic N) is 5. The number of aromatic nitrogens is 5. The van der Waals surface area contributed by atoms with Gasteiger partial charge in [0.2, 0.25) is 0 Å². The summed E-state index contributed by atoms with van der Waals surface area (Å²) in [7, 11) is 1.61. The van der Waals surface area contributed by atoms with E-state index in [1.54, 1.807) is 53.4 Å². The third kappa shape index (κ3) is 4.29. The monoisotopic (exact) mass is 450 g/mol. The van der Waals surface area contributed by atoms with Gasteiger partial charge in [-0.3, -0.25) is 4.79 Å². The lowest BCUT2D eigenvalue weighted by molar-refractivity contribution is 0.102. The second-order valence-electron chi connectivity index (χ2n) is 7.71. The average Bonchev–Trinajstić information content (AvgIpc) is 3.56. The normalized spacial score (nSPS) is 10.8. The van der Waals surface area contributed by atoms with Crippen molar-refractivity contribution in [1.29, 1.82) is 0 Å². The van der Waals surface area contributed by atoms with E-state index < -0.39 is 0 Å². The van der Waals surface area contributed by atoms with Gasteiger partial charge in [0.25, 0.3) is 5.91 Å². The Balaban J connectivity index is 1.49. The number of carbonyl (C=O) groups excluding carboxylic acids is 1. The minimum atomic E-state index is -0.287. The quantitative estimate of drug-likeness (QED) is 0.406. The third-order valence-corrected chi connectivity index (χ3v) is 5.35. The van der Waals surface area contributed by atoms with Crippen molar-refractivity contribution in [3.63, 3.8) is 0 Å². The van der Waals surface area contributed by atoms with Gasteiger partial charge in [0.1, 0.15) is 11.4 Å². The number of pyridine rings is 1. The number of hydrogen-bond donors (Lipinski definition) is 1. The first-order valence-corrected chi connectivity index (χ1v) is 10.7. The number of benzene rings is 2. The Morgan fingerprint density at radius 1 is 1.00 bits per heavy atom. The molecular formula is C26H22N6O2. The molecule has 34 heavy (non-hydrogen) atoms. The van der Waals surface area contributed by atoms with Crippen LogP contribution in [0, 0.1) is 6.92 Å². The number of methoxy groups -OCH3 is 1. The van der Waals surface area contributed by atoms with Crippen molar-refractivity contribution in [2.24, 2.45) is 0 Å². The molecule has 1 N–H and O–H groups in total. The van der Waals surface area contributed by atoms with Crippen LogP contribution in [0.3, 0.4) is 0 Å². The van der Waals surface area contributed by atoms with Gasteiger partial charge in [-0.25, -0.2) is 14.3 Å². The molecule has 0 bridgehead atoms. The predicted octanol–water partition coefficient (Wildman–Crippen LogP) is 4.69. The highest BCUT2D eigenvalue weighted by atomic mass is 16.5. The number of anilines is 1. The molecule has 168 valence electrons. The van der Waals surface area contributed by atoms with E-state index in [0.717, 1.165) is 16.8 Å². The maximum Gasteiger partial charge on any atom is 0.259 e. The smallest absolute Gasteiger partial charge is 0.259 e. The lowest BCUT2D eigenvalue weighted by atomic mass is 10.1. The molecule has 0 fully saturated rings. The Morgan fingerprint density at radius 3 is 2.56 bits per heavy atom. The van der Waals surface area contributed by atoms with Gasteiger partial charge in [-0.1, -0.05) is 29.8 Å². The first kappa shape index (κ1) is 21.1. The van der Waals surface area contributed by atoms with Crippen molar-refractivity contribution >= 4 is 11.6 Å². The molecule has 8 heteroatoms. The van der Waals surface area contributed by atoms with Gasteiger partial charge >= 0.3 is 0 Å². The number of aryl methyl sites for hydroxylation is 1. The molecule has 1 amide bonds. The first-order chi connectivity index (χ1) is 16.6. The maximum atomic E-state index is 13.3. The molecule has 5 rings (SSSR count). The largest absolute Gasteiger partial charge is 0.497 e. The molecule has 0 atom stereocenters. The molecule has 0 aliphatic rings. The number of rotatable bonds is 6. The van der Waals surface area contributed by atoms with Crippen molar-refractivity contribution in [3.05, 3.63) is 103 Å². The summed E-state index contributed by atoms with van der Waals surface area (Å²) >= 11 is 0. The highest BCUT2D eigenvalue weighted by Crippen LogP contribution is 2.28. The summed E-state index contributed by atoms with van der Waals surface area (Å²) in [5.74, 6) is 1.06. The highest BCUT2D eigenvalue weighted by molar-refractivity contribution is 6.08. The van der Waals surface area contributed by atoms with E-state index in [4.69, 9.17) is 9.84 Å². The molecule has 3 aromatic heterocycles. The first-order valence-electron chi connectivity index (χ1n) is 10.7. The summed E-state index contributed by atoms with van der Waals surface area (Å²) in [6.45, 7) is 2.03. The molecule has 0 radical (unpaired) electrons. The molecule has 3 heterocycles. The fourth-order valence-electron chi connectivity index (χ4n) is 3.55. The van der Waals surface area contributed by atoms with Crippen LogP contribution in [-0.4, -0.2) is 37.6 Å². The van der Waals surface area contributed by atoms with E-state index in [9.17, 15) is 4.79 Å². The van der Waals surface area contributed by atoms with Crippen molar-refractivity contribution in [3.8, 4) is 28.5 Å².